The molecule has 150 valence electrons. The molecule has 0 amide bonds. The number of nitrogens with zero attached hydrogens (tertiary/aromatic N) is 4. The number of ether oxygens (including phenoxy) is 1. The molecule has 0 bridgehead atoms. The van der Waals surface area contributed by atoms with Crippen molar-refractivity contribution in [3.63, 3.8) is 0 Å². The van der Waals surface area contributed by atoms with Crippen molar-refractivity contribution in [3.05, 3.63) is 70.0 Å². The monoisotopic (exact) mass is 410 g/mol. The molecule has 4 rings (SSSR count). The Balaban J connectivity index is 1.78. The van der Waals surface area contributed by atoms with Crippen LogP contribution < -0.4 is 10.3 Å². The van der Waals surface area contributed by atoms with Crippen LogP contribution in [-0.2, 0) is 18.8 Å². The Morgan fingerprint density at radius 3 is 2.83 bits per heavy atom. The van der Waals surface area contributed by atoms with Crippen molar-refractivity contribution in [2.45, 2.75) is 37.8 Å². The lowest BCUT2D eigenvalue weighted by atomic mass is 10.2. The number of hydrogen-bond acceptors (Lipinski definition) is 6. The Morgan fingerprint density at radius 2 is 2.10 bits per heavy atom. The van der Waals surface area contributed by atoms with Gasteiger partial charge in [0.1, 0.15) is 17.0 Å². The van der Waals surface area contributed by atoms with Gasteiger partial charge in [-0.15, -0.1) is 0 Å². The summed E-state index contributed by atoms with van der Waals surface area (Å²) in [5, 5.41) is 5.12. The third-order valence-electron chi connectivity index (χ3n) is 4.68. The van der Waals surface area contributed by atoms with E-state index in [1.807, 2.05) is 50.2 Å². The molecule has 0 atom stereocenters. The van der Waals surface area contributed by atoms with Crippen LogP contribution in [0.3, 0.4) is 0 Å². The number of methoxy groups -OCH3 is 1. The molecule has 0 unspecified atom stereocenters. The topological polar surface area (TPSA) is 75.1 Å². The highest BCUT2D eigenvalue weighted by Gasteiger charge is 2.19. The van der Waals surface area contributed by atoms with Crippen molar-refractivity contribution >= 4 is 22.8 Å². The highest BCUT2D eigenvalue weighted by Crippen LogP contribution is 2.25. The van der Waals surface area contributed by atoms with Gasteiger partial charge in [0.2, 0.25) is 0 Å². The average molecular weight is 410 g/mol. The first-order valence-corrected chi connectivity index (χ1v) is 10.3. The van der Waals surface area contributed by atoms with Gasteiger partial charge in [0.05, 0.1) is 25.6 Å². The van der Waals surface area contributed by atoms with Gasteiger partial charge in [0.15, 0.2) is 10.7 Å². The molecular formula is C21H22N4O3S. The molecule has 8 heteroatoms. The number of benzene rings is 1. The number of aromatic nitrogens is 4. The summed E-state index contributed by atoms with van der Waals surface area (Å²) in [5.74, 6) is 2.17. The zero-order chi connectivity index (χ0) is 20.4. The number of hydrogen-bond donors (Lipinski definition) is 0. The Kier molecular flexibility index (Phi) is 5.44. The number of aryl methyl sites for hydroxylation is 2. The Labute approximate surface area is 172 Å². The molecule has 3 aromatic heterocycles. The third-order valence-corrected chi connectivity index (χ3v) is 5.73. The predicted molar refractivity (Wildman–Crippen MR) is 113 cm³/mol. The van der Waals surface area contributed by atoms with Gasteiger partial charge in [-0.1, -0.05) is 23.9 Å². The minimum absolute atomic E-state index is 0.109. The van der Waals surface area contributed by atoms with Crippen LogP contribution in [0.2, 0.25) is 0 Å². The van der Waals surface area contributed by atoms with Crippen LogP contribution in [-0.4, -0.2) is 26.4 Å². The van der Waals surface area contributed by atoms with Crippen molar-refractivity contribution in [3.8, 4) is 5.75 Å². The second-order valence-corrected chi connectivity index (χ2v) is 7.55. The van der Waals surface area contributed by atoms with Crippen LogP contribution in [0.4, 0.5) is 0 Å². The van der Waals surface area contributed by atoms with Crippen molar-refractivity contribution in [1.29, 1.82) is 0 Å². The number of furan rings is 1. The van der Waals surface area contributed by atoms with Gasteiger partial charge < -0.3 is 9.15 Å². The van der Waals surface area contributed by atoms with E-state index in [1.165, 1.54) is 11.8 Å². The lowest BCUT2D eigenvalue weighted by Gasteiger charge is -2.12. The molecule has 0 saturated heterocycles. The lowest BCUT2D eigenvalue weighted by molar-refractivity contribution is 0.414. The maximum absolute atomic E-state index is 13.4. The van der Waals surface area contributed by atoms with Crippen LogP contribution in [0.15, 0.2) is 57.0 Å². The largest absolute Gasteiger partial charge is 0.497 e. The maximum Gasteiger partial charge on any atom is 0.280 e. The molecule has 0 saturated carbocycles. The van der Waals surface area contributed by atoms with E-state index in [0.717, 1.165) is 17.0 Å². The fourth-order valence-corrected chi connectivity index (χ4v) is 4.17. The summed E-state index contributed by atoms with van der Waals surface area (Å²) in [6.45, 7) is 4.78. The van der Waals surface area contributed by atoms with Crippen LogP contribution in [0, 0.1) is 6.92 Å². The standard InChI is InChI=1S/C21H22N4O3S/c1-4-25-19-18(14(2)23-25)22-21(24(20(19)26)12-17-9-6-10-28-17)29-13-15-7-5-8-16(11-15)27-3/h5-11H,4,12-13H2,1-3H3. The Hall–Kier alpha value is -3.00. The molecule has 1 aromatic carbocycles. The molecule has 3 heterocycles. The first-order chi connectivity index (χ1) is 14.1. The first kappa shape index (κ1) is 19.3. The van der Waals surface area contributed by atoms with E-state index in [9.17, 15) is 4.79 Å². The summed E-state index contributed by atoms with van der Waals surface area (Å²) < 4.78 is 14.2. The van der Waals surface area contributed by atoms with E-state index in [0.29, 0.717) is 40.8 Å². The van der Waals surface area contributed by atoms with E-state index in [1.54, 1.807) is 22.6 Å². The van der Waals surface area contributed by atoms with E-state index in [4.69, 9.17) is 14.1 Å². The quantitative estimate of drug-likeness (QED) is 0.340. The van der Waals surface area contributed by atoms with Crippen molar-refractivity contribution in [2.75, 3.05) is 7.11 Å². The molecule has 0 radical (unpaired) electrons. The first-order valence-electron chi connectivity index (χ1n) is 9.36. The second-order valence-electron chi connectivity index (χ2n) is 6.60. The van der Waals surface area contributed by atoms with Gasteiger partial charge in [-0.25, -0.2) is 4.98 Å². The minimum Gasteiger partial charge on any atom is -0.497 e. The van der Waals surface area contributed by atoms with Crippen LogP contribution in [0.25, 0.3) is 11.0 Å². The summed E-state index contributed by atoms with van der Waals surface area (Å²) in [4.78, 5) is 18.2. The SMILES string of the molecule is CCn1nc(C)c2nc(SCc3cccc(OC)c3)n(Cc3ccco3)c(=O)c21. The highest BCUT2D eigenvalue weighted by atomic mass is 32.2. The molecule has 4 aromatic rings. The smallest absolute Gasteiger partial charge is 0.280 e. The zero-order valence-corrected chi connectivity index (χ0v) is 17.4. The Bertz CT molecular complexity index is 1190. The molecular weight excluding hydrogens is 388 g/mol. The van der Waals surface area contributed by atoms with Gasteiger partial charge in [-0.2, -0.15) is 5.10 Å². The van der Waals surface area contributed by atoms with Gasteiger partial charge >= 0.3 is 0 Å². The molecule has 0 aliphatic carbocycles. The minimum atomic E-state index is -0.109. The van der Waals surface area contributed by atoms with Gasteiger partial charge in [-0.3, -0.25) is 14.0 Å². The molecule has 0 aliphatic rings. The fraction of sp³-hybridized carbons (Fsp3) is 0.286. The van der Waals surface area contributed by atoms with Gasteiger partial charge in [0, 0.05) is 12.3 Å². The molecule has 29 heavy (non-hydrogen) atoms. The van der Waals surface area contributed by atoms with Crippen LogP contribution in [0.1, 0.15) is 23.9 Å². The predicted octanol–water partition coefficient (Wildman–Crippen LogP) is 3.86. The molecule has 0 spiro atoms. The Morgan fingerprint density at radius 1 is 1.24 bits per heavy atom. The summed E-state index contributed by atoms with van der Waals surface area (Å²) in [5.41, 5.74) is 2.92. The summed E-state index contributed by atoms with van der Waals surface area (Å²) in [6.07, 6.45) is 1.61. The van der Waals surface area contributed by atoms with Crippen molar-refractivity contribution in [1.82, 2.24) is 19.3 Å². The summed E-state index contributed by atoms with van der Waals surface area (Å²) >= 11 is 1.51. The zero-order valence-electron chi connectivity index (χ0n) is 16.6. The fourth-order valence-electron chi connectivity index (χ4n) is 3.24. The van der Waals surface area contributed by atoms with Crippen LogP contribution >= 0.6 is 11.8 Å². The number of thioether (sulfide) groups is 1. The molecule has 0 aliphatic heterocycles. The highest BCUT2D eigenvalue weighted by molar-refractivity contribution is 7.98. The van der Waals surface area contributed by atoms with Crippen molar-refractivity contribution in [2.24, 2.45) is 0 Å². The van der Waals surface area contributed by atoms with Gasteiger partial charge in [-0.05, 0) is 43.7 Å². The van der Waals surface area contributed by atoms with E-state index >= 15 is 0 Å². The van der Waals surface area contributed by atoms with E-state index in [-0.39, 0.29) is 5.56 Å². The lowest BCUT2D eigenvalue weighted by Crippen LogP contribution is -2.25. The normalized spacial score (nSPS) is 11.3. The molecule has 0 N–H and O–H groups in total. The summed E-state index contributed by atoms with van der Waals surface area (Å²) in [7, 11) is 1.65. The number of fused-ring (bicyclic) bond motifs is 1. The van der Waals surface area contributed by atoms with E-state index < -0.39 is 0 Å². The van der Waals surface area contributed by atoms with Crippen molar-refractivity contribution < 1.29 is 9.15 Å². The third kappa shape index (κ3) is 3.80. The maximum atomic E-state index is 13.4. The molecule has 7 nitrogen and oxygen atoms in total. The molecule has 0 fully saturated rings. The van der Waals surface area contributed by atoms with Crippen LogP contribution in [0.5, 0.6) is 5.75 Å². The average Bonchev–Trinajstić information content (AvgIpc) is 3.36. The summed E-state index contributed by atoms with van der Waals surface area (Å²) in [6, 6.07) is 11.6. The van der Waals surface area contributed by atoms with Gasteiger partial charge in [0.25, 0.3) is 5.56 Å². The van der Waals surface area contributed by atoms with E-state index in [2.05, 4.69) is 5.10 Å². The number of rotatable bonds is 7. The second kappa shape index (κ2) is 8.16.